The maximum absolute atomic E-state index is 12.6. The normalized spacial score (nSPS) is 13.8. The molecule has 1 N–H and O–H groups in total. The molecule has 1 amide bonds. The molecule has 160 valence electrons. The Kier molecular flexibility index (Phi) is 5.85. The summed E-state index contributed by atoms with van der Waals surface area (Å²) < 4.78 is 17.7. The molecule has 0 saturated heterocycles. The minimum Gasteiger partial charge on any atom is -0.492 e. The van der Waals surface area contributed by atoms with E-state index in [4.69, 9.17) is 14.2 Å². The summed E-state index contributed by atoms with van der Waals surface area (Å²) in [5.41, 5.74) is 3.16. The first-order valence-electron chi connectivity index (χ1n) is 10.5. The number of ether oxygens (including phenoxy) is 3. The largest absolute Gasteiger partial charge is 0.492 e. The number of amides is 1. The molecule has 5 nitrogen and oxygen atoms in total. The van der Waals surface area contributed by atoms with Crippen LogP contribution < -0.4 is 19.5 Å². The molecule has 1 aliphatic heterocycles. The number of nitrogens with one attached hydrogen (secondary N) is 1. The van der Waals surface area contributed by atoms with Crippen LogP contribution in [0.15, 0.2) is 66.7 Å². The lowest BCUT2D eigenvalue weighted by molar-refractivity contribution is 0.102. The number of anilines is 1. The standard InChI is InChI=1S/C26H27NO4/c1-4-29-22-10-6-5-9-21(22)27-25(28)19-14-12-18(13-15-19)17-30-23-11-7-8-20-16-26(2,3)31-24(20)23/h5-15H,4,16-17H2,1-3H3,(H,27,28). The Labute approximate surface area is 183 Å². The Morgan fingerprint density at radius 2 is 1.71 bits per heavy atom. The molecule has 0 atom stereocenters. The molecular formula is C26H27NO4. The summed E-state index contributed by atoms with van der Waals surface area (Å²) in [4.78, 5) is 12.6. The lowest BCUT2D eigenvalue weighted by Crippen LogP contribution is -2.24. The van der Waals surface area contributed by atoms with Gasteiger partial charge in [-0.15, -0.1) is 0 Å². The molecule has 0 fully saturated rings. The fraction of sp³-hybridized carbons (Fsp3) is 0.269. The van der Waals surface area contributed by atoms with E-state index in [2.05, 4.69) is 25.2 Å². The quantitative estimate of drug-likeness (QED) is 0.541. The van der Waals surface area contributed by atoms with Gasteiger partial charge in [-0.1, -0.05) is 36.4 Å². The Balaban J connectivity index is 1.40. The molecule has 31 heavy (non-hydrogen) atoms. The lowest BCUT2D eigenvalue weighted by Gasteiger charge is -2.18. The first-order valence-corrected chi connectivity index (χ1v) is 10.5. The molecule has 1 heterocycles. The van der Waals surface area contributed by atoms with Crippen LogP contribution in [0, 0.1) is 0 Å². The van der Waals surface area contributed by atoms with Gasteiger partial charge in [0.15, 0.2) is 11.5 Å². The molecule has 0 saturated carbocycles. The van der Waals surface area contributed by atoms with E-state index in [1.165, 1.54) is 5.56 Å². The molecule has 0 aromatic heterocycles. The molecule has 0 unspecified atom stereocenters. The van der Waals surface area contributed by atoms with Gasteiger partial charge in [0.1, 0.15) is 18.0 Å². The van der Waals surface area contributed by atoms with Gasteiger partial charge in [0.05, 0.1) is 12.3 Å². The maximum Gasteiger partial charge on any atom is 0.255 e. The number of para-hydroxylation sites is 3. The van der Waals surface area contributed by atoms with Gasteiger partial charge in [-0.2, -0.15) is 0 Å². The van der Waals surface area contributed by atoms with Gasteiger partial charge >= 0.3 is 0 Å². The first kappa shape index (κ1) is 20.8. The van der Waals surface area contributed by atoms with Crippen LogP contribution in [-0.4, -0.2) is 18.1 Å². The summed E-state index contributed by atoms with van der Waals surface area (Å²) >= 11 is 0. The van der Waals surface area contributed by atoms with E-state index < -0.39 is 0 Å². The number of hydrogen-bond donors (Lipinski definition) is 1. The van der Waals surface area contributed by atoms with Crippen LogP contribution in [0.3, 0.4) is 0 Å². The van der Waals surface area contributed by atoms with Gasteiger partial charge < -0.3 is 19.5 Å². The zero-order chi connectivity index (χ0) is 21.8. The molecule has 0 aliphatic carbocycles. The number of carbonyl (C=O) groups excluding carboxylic acids is 1. The fourth-order valence-corrected chi connectivity index (χ4v) is 3.66. The van der Waals surface area contributed by atoms with Gasteiger partial charge in [0.25, 0.3) is 5.91 Å². The molecule has 3 aromatic rings. The Bertz CT molecular complexity index is 1070. The van der Waals surface area contributed by atoms with E-state index in [9.17, 15) is 4.79 Å². The van der Waals surface area contributed by atoms with Crippen LogP contribution in [-0.2, 0) is 13.0 Å². The number of fused-ring (bicyclic) bond motifs is 1. The molecular weight excluding hydrogens is 390 g/mol. The monoisotopic (exact) mass is 417 g/mol. The average molecular weight is 418 g/mol. The molecule has 0 radical (unpaired) electrons. The summed E-state index contributed by atoms with van der Waals surface area (Å²) in [5.74, 6) is 2.05. The molecule has 0 spiro atoms. The van der Waals surface area contributed by atoms with Crippen molar-refractivity contribution in [2.75, 3.05) is 11.9 Å². The summed E-state index contributed by atoms with van der Waals surface area (Å²) in [6.07, 6.45) is 0.871. The molecule has 4 rings (SSSR count). The smallest absolute Gasteiger partial charge is 0.255 e. The van der Waals surface area contributed by atoms with E-state index in [-0.39, 0.29) is 11.5 Å². The third-order valence-electron chi connectivity index (χ3n) is 5.10. The molecule has 5 heteroatoms. The van der Waals surface area contributed by atoms with Crippen LogP contribution in [0.1, 0.15) is 42.3 Å². The molecule has 0 bridgehead atoms. The third kappa shape index (κ3) is 4.82. The second-order valence-corrected chi connectivity index (χ2v) is 8.15. The highest BCUT2D eigenvalue weighted by molar-refractivity contribution is 6.05. The minimum absolute atomic E-state index is 0.184. The zero-order valence-corrected chi connectivity index (χ0v) is 18.1. The van der Waals surface area contributed by atoms with E-state index in [0.29, 0.717) is 30.2 Å². The number of carbonyl (C=O) groups is 1. The van der Waals surface area contributed by atoms with E-state index in [1.807, 2.05) is 55.5 Å². The van der Waals surface area contributed by atoms with Crippen LogP contribution in [0.2, 0.25) is 0 Å². The molecule has 1 aliphatic rings. The highest BCUT2D eigenvalue weighted by atomic mass is 16.5. The fourth-order valence-electron chi connectivity index (χ4n) is 3.66. The average Bonchev–Trinajstić information content (AvgIpc) is 3.08. The Hall–Kier alpha value is -3.47. The summed E-state index contributed by atoms with van der Waals surface area (Å²) in [7, 11) is 0. The van der Waals surface area contributed by atoms with Gasteiger partial charge in [-0.3, -0.25) is 4.79 Å². The van der Waals surface area contributed by atoms with E-state index in [1.54, 1.807) is 12.1 Å². The van der Waals surface area contributed by atoms with E-state index in [0.717, 1.165) is 23.5 Å². The van der Waals surface area contributed by atoms with Gasteiger partial charge in [0, 0.05) is 17.5 Å². The predicted molar refractivity (Wildman–Crippen MR) is 121 cm³/mol. The van der Waals surface area contributed by atoms with Crippen LogP contribution >= 0.6 is 0 Å². The topological polar surface area (TPSA) is 56.8 Å². The summed E-state index contributed by atoms with van der Waals surface area (Å²) in [6, 6.07) is 20.8. The third-order valence-corrected chi connectivity index (χ3v) is 5.10. The SMILES string of the molecule is CCOc1ccccc1NC(=O)c1ccc(COc2cccc3c2OC(C)(C)C3)cc1. The van der Waals surface area contributed by atoms with Crippen LogP contribution in [0.5, 0.6) is 17.2 Å². The zero-order valence-electron chi connectivity index (χ0n) is 18.1. The predicted octanol–water partition coefficient (Wildman–Crippen LogP) is 5.63. The summed E-state index contributed by atoms with van der Waals surface area (Å²) in [5, 5.41) is 2.91. The first-order chi connectivity index (χ1) is 14.9. The van der Waals surface area contributed by atoms with Gasteiger partial charge in [0.2, 0.25) is 0 Å². The maximum atomic E-state index is 12.6. The highest BCUT2D eigenvalue weighted by Crippen LogP contribution is 2.42. The second kappa shape index (κ2) is 8.72. The van der Waals surface area contributed by atoms with Crippen molar-refractivity contribution in [3.63, 3.8) is 0 Å². The minimum atomic E-state index is -0.211. The van der Waals surface area contributed by atoms with Crippen molar-refractivity contribution in [2.45, 2.75) is 39.4 Å². The van der Waals surface area contributed by atoms with Crippen molar-refractivity contribution in [3.8, 4) is 17.2 Å². The lowest BCUT2D eigenvalue weighted by atomic mass is 10.0. The Morgan fingerprint density at radius 1 is 0.968 bits per heavy atom. The van der Waals surface area contributed by atoms with E-state index >= 15 is 0 Å². The van der Waals surface area contributed by atoms with Crippen molar-refractivity contribution in [3.05, 3.63) is 83.4 Å². The second-order valence-electron chi connectivity index (χ2n) is 8.15. The Morgan fingerprint density at radius 3 is 2.48 bits per heavy atom. The van der Waals surface area contributed by atoms with Crippen molar-refractivity contribution in [1.82, 2.24) is 0 Å². The summed E-state index contributed by atoms with van der Waals surface area (Å²) in [6.45, 7) is 7.00. The molecule has 3 aromatic carbocycles. The van der Waals surface area contributed by atoms with Gasteiger partial charge in [-0.05, 0) is 56.7 Å². The van der Waals surface area contributed by atoms with Gasteiger partial charge in [-0.25, -0.2) is 0 Å². The van der Waals surface area contributed by atoms with Crippen LogP contribution in [0.25, 0.3) is 0 Å². The number of benzene rings is 3. The van der Waals surface area contributed by atoms with Crippen LogP contribution in [0.4, 0.5) is 5.69 Å². The van der Waals surface area contributed by atoms with Crippen molar-refractivity contribution in [2.24, 2.45) is 0 Å². The van der Waals surface area contributed by atoms with Crippen molar-refractivity contribution in [1.29, 1.82) is 0 Å². The number of rotatable bonds is 7. The number of hydrogen-bond acceptors (Lipinski definition) is 4. The van der Waals surface area contributed by atoms with Crippen molar-refractivity contribution >= 4 is 11.6 Å². The highest BCUT2D eigenvalue weighted by Gasteiger charge is 2.32. The van der Waals surface area contributed by atoms with Crippen molar-refractivity contribution < 1.29 is 19.0 Å².